The van der Waals surface area contributed by atoms with Crippen molar-refractivity contribution in [2.24, 2.45) is 0 Å². The van der Waals surface area contributed by atoms with E-state index in [1.54, 1.807) is 19.9 Å². The van der Waals surface area contributed by atoms with E-state index < -0.39 is 42.2 Å². The van der Waals surface area contributed by atoms with Crippen molar-refractivity contribution in [3.63, 3.8) is 0 Å². The number of benzene rings is 1. The number of carbonyl (C=O) groups excluding carboxylic acids is 4. The largest absolute Gasteiger partial charge is 0.340 e. The number of carbonyl (C=O) groups is 4. The van der Waals surface area contributed by atoms with Crippen LogP contribution in [0.1, 0.15) is 19.4 Å². The first-order chi connectivity index (χ1) is 11.2. The molecular weight excluding hydrogens is 317 g/mol. The Morgan fingerprint density at radius 2 is 1.79 bits per heavy atom. The predicted octanol–water partition coefficient (Wildman–Crippen LogP) is 0.983. The van der Waals surface area contributed by atoms with E-state index in [2.05, 4.69) is 0 Å². The van der Waals surface area contributed by atoms with Gasteiger partial charge in [-0.3, -0.25) is 19.3 Å². The van der Waals surface area contributed by atoms with Gasteiger partial charge in [-0.05, 0) is 19.9 Å². The SMILES string of the molecule is CC(C)N1C(=O)C(=O)N(CC(=O)N(C)Cc2ccccc2F)C1=O. The molecule has 1 heterocycles. The van der Waals surface area contributed by atoms with Crippen molar-refractivity contribution >= 4 is 23.8 Å². The fourth-order valence-electron chi connectivity index (χ4n) is 2.34. The zero-order valence-electron chi connectivity index (χ0n) is 13.7. The van der Waals surface area contributed by atoms with Gasteiger partial charge in [-0.1, -0.05) is 18.2 Å². The van der Waals surface area contributed by atoms with Gasteiger partial charge in [-0.2, -0.15) is 0 Å². The zero-order chi connectivity index (χ0) is 18.0. The fraction of sp³-hybridized carbons (Fsp3) is 0.375. The molecule has 24 heavy (non-hydrogen) atoms. The van der Waals surface area contributed by atoms with Crippen LogP contribution in [0, 0.1) is 5.82 Å². The van der Waals surface area contributed by atoms with Gasteiger partial charge in [-0.25, -0.2) is 14.1 Å². The Hall–Kier alpha value is -2.77. The second kappa shape index (κ2) is 6.77. The maximum absolute atomic E-state index is 13.6. The second-order valence-electron chi connectivity index (χ2n) is 5.78. The van der Waals surface area contributed by atoms with Gasteiger partial charge in [-0.15, -0.1) is 0 Å². The monoisotopic (exact) mass is 335 g/mol. The Morgan fingerprint density at radius 3 is 2.33 bits per heavy atom. The molecule has 0 aromatic heterocycles. The lowest BCUT2D eigenvalue weighted by Crippen LogP contribution is -2.43. The highest BCUT2D eigenvalue weighted by Crippen LogP contribution is 2.16. The third kappa shape index (κ3) is 3.27. The van der Waals surface area contributed by atoms with E-state index in [1.807, 2.05) is 0 Å². The molecule has 7 nitrogen and oxygen atoms in total. The summed E-state index contributed by atoms with van der Waals surface area (Å²) in [6.45, 7) is 2.62. The molecule has 1 fully saturated rings. The number of hydrogen-bond donors (Lipinski definition) is 0. The molecule has 1 aliphatic rings. The molecule has 0 atom stereocenters. The van der Waals surface area contributed by atoms with E-state index in [1.165, 1.54) is 30.1 Å². The van der Waals surface area contributed by atoms with Crippen LogP contribution in [-0.2, 0) is 20.9 Å². The lowest BCUT2D eigenvalue weighted by Gasteiger charge is -2.21. The number of nitrogens with zero attached hydrogens (tertiary/aromatic N) is 3. The summed E-state index contributed by atoms with van der Waals surface area (Å²) in [7, 11) is 1.43. The predicted molar refractivity (Wildman–Crippen MR) is 82.0 cm³/mol. The van der Waals surface area contributed by atoms with Crippen LogP contribution in [-0.4, -0.2) is 58.1 Å². The molecule has 0 radical (unpaired) electrons. The lowest BCUT2D eigenvalue weighted by atomic mass is 10.2. The molecule has 1 aromatic rings. The first-order valence-electron chi connectivity index (χ1n) is 7.40. The molecule has 0 N–H and O–H groups in total. The van der Waals surface area contributed by atoms with E-state index >= 15 is 0 Å². The smallest absolute Gasteiger partial charge is 0.334 e. The van der Waals surface area contributed by atoms with Crippen LogP contribution in [0.15, 0.2) is 24.3 Å². The molecule has 8 heteroatoms. The minimum Gasteiger partial charge on any atom is -0.340 e. The van der Waals surface area contributed by atoms with Gasteiger partial charge in [0.25, 0.3) is 0 Å². The zero-order valence-corrected chi connectivity index (χ0v) is 13.7. The fourth-order valence-corrected chi connectivity index (χ4v) is 2.34. The van der Waals surface area contributed by atoms with Gasteiger partial charge >= 0.3 is 17.8 Å². The van der Waals surface area contributed by atoms with Crippen molar-refractivity contribution in [2.45, 2.75) is 26.4 Å². The van der Waals surface area contributed by atoms with E-state index in [0.29, 0.717) is 10.5 Å². The number of likely N-dealkylation sites (N-methyl/N-ethyl adjacent to an activating group) is 1. The van der Waals surface area contributed by atoms with Crippen LogP contribution < -0.4 is 0 Å². The molecule has 0 aliphatic carbocycles. The van der Waals surface area contributed by atoms with Crippen LogP contribution in [0.2, 0.25) is 0 Å². The van der Waals surface area contributed by atoms with Crippen molar-refractivity contribution in [1.82, 2.24) is 14.7 Å². The van der Waals surface area contributed by atoms with Crippen LogP contribution in [0.25, 0.3) is 0 Å². The summed E-state index contributed by atoms with van der Waals surface area (Å²) in [5.41, 5.74) is 0.312. The Labute approximate surface area is 138 Å². The van der Waals surface area contributed by atoms with Crippen molar-refractivity contribution in [3.05, 3.63) is 35.6 Å². The standard InChI is InChI=1S/C16H18FN3O4/c1-10(2)20-15(23)14(22)19(16(20)24)9-13(21)18(3)8-11-6-4-5-7-12(11)17/h4-7,10H,8-9H2,1-3H3. The maximum Gasteiger partial charge on any atom is 0.334 e. The number of urea groups is 1. The van der Waals surface area contributed by atoms with Crippen LogP contribution in [0.3, 0.4) is 0 Å². The number of halogens is 1. The molecular formula is C16H18FN3O4. The highest BCUT2D eigenvalue weighted by molar-refractivity contribution is 6.45. The van der Waals surface area contributed by atoms with E-state index in [4.69, 9.17) is 0 Å². The summed E-state index contributed by atoms with van der Waals surface area (Å²) in [6.07, 6.45) is 0. The van der Waals surface area contributed by atoms with Gasteiger partial charge in [0, 0.05) is 25.2 Å². The molecule has 128 valence electrons. The molecule has 5 amide bonds. The molecule has 0 saturated carbocycles. The summed E-state index contributed by atoms with van der Waals surface area (Å²) in [5.74, 6) is -2.99. The minimum atomic E-state index is -1.03. The summed E-state index contributed by atoms with van der Waals surface area (Å²) in [6, 6.07) is 4.70. The highest BCUT2D eigenvalue weighted by Gasteiger charge is 2.46. The third-order valence-corrected chi connectivity index (χ3v) is 3.68. The Kier molecular flexibility index (Phi) is 4.96. The van der Waals surface area contributed by atoms with Gasteiger partial charge < -0.3 is 4.90 Å². The first kappa shape index (κ1) is 17.6. The van der Waals surface area contributed by atoms with Crippen LogP contribution in [0.4, 0.5) is 9.18 Å². The molecule has 1 saturated heterocycles. The highest BCUT2D eigenvalue weighted by atomic mass is 19.1. The number of amides is 5. The second-order valence-corrected chi connectivity index (χ2v) is 5.78. The van der Waals surface area contributed by atoms with Crippen molar-refractivity contribution in [3.8, 4) is 0 Å². The van der Waals surface area contributed by atoms with Crippen LogP contribution in [0.5, 0.6) is 0 Å². The average molecular weight is 335 g/mol. The van der Waals surface area contributed by atoms with E-state index in [-0.39, 0.29) is 6.54 Å². The Balaban J connectivity index is 2.06. The molecule has 1 aliphatic heterocycles. The van der Waals surface area contributed by atoms with Gasteiger partial charge in [0.05, 0.1) is 0 Å². The minimum absolute atomic E-state index is 0.0103. The Morgan fingerprint density at radius 1 is 1.17 bits per heavy atom. The quantitative estimate of drug-likeness (QED) is 0.594. The summed E-state index contributed by atoms with van der Waals surface area (Å²) in [5, 5.41) is 0. The summed E-state index contributed by atoms with van der Waals surface area (Å²) < 4.78 is 13.6. The Bertz CT molecular complexity index is 704. The molecule has 1 aromatic carbocycles. The molecule has 0 unspecified atom stereocenters. The normalized spacial score (nSPS) is 14.8. The maximum atomic E-state index is 13.6. The molecule has 0 bridgehead atoms. The summed E-state index contributed by atoms with van der Waals surface area (Å²) in [4.78, 5) is 50.6. The van der Waals surface area contributed by atoms with Crippen LogP contribution >= 0.6 is 0 Å². The van der Waals surface area contributed by atoms with Gasteiger partial charge in [0.1, 0.15) is 12.4 Å². The first-order valence-corrected chi connectivity index (χ1v) is 7.40. The van der Waals surface area contributed by atoms with Crippen molar-refractivity contribution < 1.29 is 23.6 Å². The van der Waals surface area contributed by atoms with Crippen molar-refractivity contribution in [2.75, 3.05) is 13.6 Å². The van der Waals surface area contributed by atoms with Gasteiger partial charge in [0.2, 0.25) is 5.91 Å². The van der Waals surface area contributed by atoms with Crippen molar-refractivity contribution in [1.29, 1.82) is 0 Å². The average Bonchev–Trinajstić information content (AvgIpc) is 2.73. The molecule has 2 rings (SSSR count). The van der Waals surface area contributed by atoms with Gasteiger partial charge in [0.15, 0.2) is 0 Å². The number of rotatable bonds is 5. The van der Waals surface area contributed by atoms with E-state index in [9.17, 15) is 23.6 Å². The topological polar surface area (TPSA) is 78.0 Å². The third-order valence-electron chi connectivity index (χ3n) is 3.68. The summed E-state index contributed by atoms with van der Waals surface area (Å²) >= 11 is 0. The number of imide groups is 2. The number of hydrogen-bond acceptors (Lipinski definition) is 4. The van der Waals surface area contributed by atoms with E-state index in [0.717, 1.165) is 4.90 Å². The lowest BCUT2D eigenvalue weighted by molar-refractivity contribution is -0.145. The molecule has 0 spiro atoms.